The Hall–Kier alpha value is -3.24. The fourth-order valence-electron chi connectivity index (χ4n) is 3.65. The van der Waals surface area contributed by atoms with Gasteiger partial charge in [-0.3, -0.25) is 4.79 Å². The summed E-state index contributed by atoms with van der Waals surface area (Å²) in [5.74, 6) is 0. The van der Waals surface area contributed by atoms with Crippen LogP contribution in [0, 0.1) is 0 Å². The van der Waals surface area contributed by atoms with E-state index in [1.807, 2.05) is 49.5 Å². The summed E-state index contributed by atoms with van der Waals surface area (Å²) in [7, 11) is 1.98. The number of rotatable bonds is 5. The van der Waals surface area contributed by atoms with Crippen molar-refractivity contribution in [3.05, 3.63) is 88.8 Å². The van der Waals surface area contributed by atoms with Gasteiger partial charge >= 0.3 is 0 Å². The molecule has 1 unspecified atom stereocenters. The first-order chi connectivity index (χ1) is 13.7. The van der Waals surface area contributed by atoms with Crippen LogP contribution in [0.3, 0.4) is 0 Å². The first-order valence-corrected chi connectivity index (χ1v) is 9.56. The first kappa shape index (κ1) is 18.1. The number of benzene rings is 2. The molecule has 0 fully saturated rings. The summed E-state index contributed by atoms with van der Waals surface area (Å²) >= 11 is 0. The van der Waals surface area contributed by atoms with Crippen LogP contribution in [-0.4, -0.2) is 17.0 Å². The number of hydrogen-bond acceptors (Lipinski definition) is 3. The van der Waals surface area contributed by atoms with Crippen molar-refractivity contribution < 1.29 is 0 Å². The lowest BCUT2D eigenvalue weighted by Crippen LogP contribution is -2.14. The molecular formula is C24H23N3O. The molecule has 140 valence electrons. The second-order valence-electron chi connectivity index (χ2n) is 6.86. The van der Waals surface area contributed by atoms with Gasteiger partial charge in [0, 0.05) is 23.4 Å². The van der Waals surface area contributed by atoms with Crippen LogP contribution in [-0.2, 0) is 0 Å². The maximum atomic E-state index is 12.3. The van der Waals surface area contributed by atoms with Crippen LogP contribution >= 0.6 is 0 Å². The SMILES string of the molecule is CCC(NC)c1ccc(-c2nc3cc[nH]c(=O)c3cc2-c2ccccc2)cc1. The maximum Gasteiger partial charge on any atom is 0.257 e. The predicted molar refractivity (Wildman–Crippen MR) is 115 cm³/mol. The Morgan fingerprint density at radius 3 is 2.43 bits per heavy atom. The third-order valence-electron chi connectivity index (χ3n) is 5.18. The minimum Gasteiger partial charge on any atom is -0.328 e. The van der Waals surface area contributed by atoms with Crippen LogP contribution in [0.2, 0.25) is 0 Å². The topological polar surface area (TPSA) is 57.8 Å². The third kappa shape index (κ3) is 3.35. The lowest BCUT2D eigenvalue weighted by molar-refractivity contribution is 0.577. The summed E-state index contributed by atoms with van der Waals surface area (Å²) in [6, 6.07) is 22.7. The van der Waals surface area contributed by atoms with E-state index in [2.05, 4.69) is 41.5 Å². The lowest BCUT2D eigenvalue weighted by Gasteiger charge is -2.16. The average Bonchev–Trinajstić information content (AvgIpc) is 2.75. The largest absolute Gasteiger partial charge is 0.328 e. The van der Waals surface area contributed by atoms with E-state index in [-0.39, 0.29) is 5.56 Å². The molecule has 0 aliphatic carbocycles. The minimum atomic E-state index is -0.121. The van der Waals surface area contributed by atoms with Gasteiger partial charge in [-0.15, -0.1) is 0 Å². The van der Waals surface area contributed by atoms with Gasteiger partial charge in [0.25, 0.3) is 5.56 Å². The molecule has 0 aliphatic rings. The van der Waals surface area contributed by atoms with Crippen molar-refractivity contribution in [2.24, 2.45) is 0 Å². The number of hydrogen-bond donors (Lipinski definition) is 2. The number of nitrogens with one attached hydrogen (secondary N) is 2. The molecule has 0 saturated heterocycles. The van der Waals surface area contributed by atoms with Crippen molar-refractivity contribution in [2.75, 3.05) is 7.05 Å². The Balaban J connectivity index is 1.91. The molecule has 0 aliphatic heterocycles. The predicted octanol–water partition coefficient (Wildman–Crippen LogP) is 4.93. The van der Waals surface area contributed by atoms with Crippen LogP contribution in [0.15, 0.2) is 77.7 Å². The summed E-state index contributed by atoms with van der Waals surface area (Å²) < 4.78 is 0. The number of fused-ring (bicyclic) bond motifs is 1. The zero-order chi connectivity index (χ0) is 19.5. The van der Waals surface area contributed by atoms with Crippen molar-refractivity contribution >= 4 is 10.9 Å². The Labute approximate surface area is 164 Å². The van der Waals surface area contributed by atoms with Crippen molar-refractivity contribution in [3.63, 3.8) is 0 Å². The number of nitrogens with zero attached hydrogens (tertiary/aromatic N) is 1. The van der Waals surface area contributed by atoms with E-state index in [1.54, 1.807) is 6.20 Å². The standard InChI is InChI=1S/C24H23N3O/c1-3-21(25-2)17-9-11-18(12-10-17)23-19(16-7-5-4-6-8-16)15-20-22(27-23)13-14-26-24(20)28/h4-15,21,25H,3H2,1-2H3,(H,26,28). The second kappa shape index (κ2) is 7.79. The summed E-state index contributed by atoms with van der Waals surface area (Å²) in [4.78, 5) is 19.9. The molecule has 2 heterocycles. The van der Waals surface area contributed by atoms with Gasteiger partial charge < -0.3 is 10.3 Å². The van der Waals surface area contributed by atoms with Gasteiger partial charge in [-0.2, -0.15) is 0 Å². The van der Waals surface area contributed by atoms with Gasteiger partial charge in [0.05, 0.1) is 16.6 Å². The first-order valence-electron chi connectivity index (χ1n) is 9.56. The van der Waals surface area contributed by atoms with E-state index in [0.29, 0.717) is 16.9 Å². The van der Waals surface area contributed by atoms with Crippen LogP contribution in [0.4, 0.5) is 0 Å². The average molecular weight is 369 g/mol. The fraction of sp³-hybridized carbons (Fsp3) is 0.167. The van der Waals surface area contributed by atoms with Crippen LogP contribution in [0.5, 0.6) is 0 Å². The highest BCUT2D eigenvalue weighted by atomic mass is 16.1. The number of aromatic nitrogens is 2. The lowest BCUT2D eigenvalue weighted by atomic mass is 9.96. The van der Waals surface area contributed by atoms with Gasteiger partial charge in [-0.1, -0.05) is 61.5 Å². The second-order valence-corrected chi connectivity index (χ2v) is 6.86. The number of pyridine rings is 2. The molecule has 4 rings (SSSR count). The molecule has 4 heteroatoms. The molecular weight excluding hydrogens is 346 g/mol. The highest BCUT2D eigenvalue weighted by Gasteiger charge is 2.14. The maximum absolute atomic E-state index is 12.3. The van der Waals surface area contributed by atoms with E-state index in [9.17, 15) is 4.79 Å². The monoisotopic (exact) mass is 369 g/mol. The molecule has 0 radical (unpaired) electrons. The summed E-state index contributed by atoms with van der Waals surface area (Å²) in [6.45, 7) is 2.17. The minimum absolute atomic E-state index is 0.121. The van der Waals surface area contributed by atoms with Gasteiger partial charge in [0.1, 0.15) is 0 Å². The smallest absolute Gasteiger partial charge is 0.257 e. The molecule has 0 amide bonds. The molecule has 28 heavy (non-hydrogen) atoms. The van der Waals surface area contributed by atoms with E-state index >= 15 is 0 Å². The Morgan fingerprint density at radius 1 is 1.00 bits per heavy atom. The van der Waals surface area contributed by atoms with Crippen molar-refractivity contribution in [1.29, 1.82) is 0 Å². The molecule has 2 aromatic heterocycles. The van der Waals surface area contributed by atoms with E-state index in [1.165, 1.54) is 5.56 Å². The quantitative estimate of drug-likeness (QED) is 0.524. The van der Waals surface area contributed by atoms with E-state index in [4.69, 9.17) is 4.98 Å². The van der Waals surface area contributed by atoms with Gasteiger partial charge in [0.2, 0.25) is 0 Å². The van der Waals surface area contributed by atoms with Crippen molar-refractivity contribution in [2.45, 2.75) is 19.4 Å². The fourth-order valence-corrected chi connectivity index (χ4v) is 3.65. The van der Waals surface area contributed by atoms with Crippen LogP contribution in [0.1, 0.15) is 24.9 Å². The Bertz CT molecular complexity index is 1140. The van der Waals surface area contributed by atoms with Crippen LogP contribution < -0.4 is 10.9 Å². The highest BCUT2D eigenvalue weighted by molar-refractivity contribution is 5.91. The molecule has 2 aromatic carbocycles. The summed E-state index contributed by atoms with van der Waals surface area (Å²) in [5.41, 5.74) is 5.75. The molecule has 4 nitrogen and oxygen atoms in total. The van der Waals surface area contributed by atoms with Crippen molar-refractivity contribution in [3.8, 4) is 22.4 Å². The van der Waals surface area contributed by atoms with Gasteiger partial charge in [-0.05, 0) is 36.7 Å². The molecule has 0 bridgehead atoms. The zero-order valence-corrected chi connectivity index (χ0v) is 16.1. The molecule has 0 saturated carbocycles. The van der Waals surface area contributed by atoms with E-state index in [0.717, 1.165) is 28.8 Å². The zero-order valence-electron chi connectivity index (χ0n) is 16.1. The van der Waals surface area contributed by atoms with Gasteiger partial charge in [0.15, 0.2) is 0 Å². The summed E-state index contributed by atoms with van der Waals surface area (Å²) in [6.07, 6.45) is 2.67. The molecule has 0 spiro atoms. The van der Waals surface area contributed by atoms with E-state index < -0.39 is 0 Å². The Morgan fingerprint density at radius 2 is 1.75 bits per heavy atom. The number of aromatic amines is 1. The highest BCUT2D eigenvalue weighted by Crippen LogP contribution is 2.33. The Kier molecular flexibility index (Phi) is 5.04. The third-order valence-corrected chi connectivity index (χ3v) is 5.18. The summed E-state index contributed by atoms with van der Waals surface area (Å²) in [5, 5.41) is 3.94. The van der Waals surface area contributed by atoms with Crippen LogP contribution in [0.25, 0.3) is 33.3 Å². The number of H-pyrrole nitrogens is 1. The molecule has 2 N–H and O–H groups in total. The van der Waals surface area contributed by atoms with Crippen molar-refractivity contribution in [1.82, 2.24) is 15.3 Å². The van der Waals surface area contributed by atoms with Gasteiger partial charge in [-0.25, -0.2) is 4.98 Å². The molecule has 4 aromatic rings. The normalized spacial score (nSPS) is 12.2. The molecule has 1 atom stereocenters.